The molecule has 0 amide bonds. The highest BCUT2D eigenvalue weighted by molar-refractivity contribution is 6.25. The second-order valence-electron chi connectivity index (χ2n) is 16.2. The van der Waals surface area contributed by atoms with Crippen molar-refractivity contribution in [3.63, 3.8) is 0 Å². The first-order valence-electron chi connectivity index (χ1n) is 21.5. The molecule has 0 saturated carbocycles. The summed E-state index contributed by atoms with van der Waals surface area (Å²) in [4.78, 5) is 20.4. The Morgan fingerprint density at radius 1 is 0.312 bits per heavy atom. The van der Waals surface area contributed by atoms with Gasteiger partial charge in [0.15, 0.2) is 23.1 Å². The van der Waals surface area contributed by atoms with E-state index in [1.807, 2.05) is 54.6 Å². The molecule has 0 N–H and O–H groups in total. The first kappa shape index (κ1) is 36.0. The molecular weight excluding hydrogens is 783 g/mol. The average molecular weight is 818 g/mol. The van der Waals surface area contributed by atoms with Crippen molar-refractivity contribution in [3.05, 3.63) is 212 Å². The van der Waals surface area contributed by atoms with E-state index in [-0.39, 0.29) is 0 Å². The molecule has 0 fully saturated rings. The van der Waals surface area contributed by atoms with Gasteiger partial charge in [-0.25, -0.2) is 19.9 Å². The van der Waals surface area contributed by atoms with Crippen LogP contribution in [0.25, 0.3) is 128 Å². The van der Waals surface area contributed by atoms with Gasteiger partial charge in [0.1, 0.15) is 5.52 Å². The number of rotatable bonds is 6. The van der Waals surface area contributed by atoms with Crippen LogP contribution in [0.15, 0.2) is 217 Å². The Hall–Kier alpha value is -8.74. The van der Waals surface area contributed by atoms with Crippen LogP contribution < -0.4 is 0 Å². The molecule has 0 aliphatic carbocycles. The van der Waals surface area contributed by atoms with E-state index in [4.69, 9.17) is 24.4 Å². The number of oxazole rings is 1. The Bertz CT molecular complexity index is 3930. The highest BCUT2D eigenvalue weighted by atomic mass is 16.3. The highest BCUT2D eigenvalue weighted by Crippen LogP contribution is 2.40. The topological polar surface area (TPSA) is 69.6 Å². The summed E-state index contributed by atoms with van der Waals surface area (Å²) < 4.78 is 9.05. The summed E-state index contributed by atoms with van der Waals surface area (Å²) in [5, 5.41) is 9.78. The van der Waals surface area contributed by atoms with Crippen molar-refractivity contribution in [2.24, 2.45) is 0 Å². The zero-order valence-electron chi connectivity index (χ0n) is 34.4. The van der Waals surface area contributed by atoms with Gasteiger partial charge in [0.25, 0.3) is 0 Å². The third kappa shape index (κ3) is 5.81. The number of hydrogen-bond donors (Lipinski definition) is 0. The molecule has 13 aromatic rings. The van der Waals surface area contributed by atoms with Gasteiger partial charge >= 0.3 is 0 Å². The number of para-hydroxylation sites is 3. The van der Waals surface area contributed by atoms with Crippen molar-refractivity contribution in [2.75, 3.05) is 0 Å². The number of fused-ring (bicyclic) bond motifs is 10. The lowest BCUT2D eigenvalue weighted by Crippen LogP contribution is -2.00. The molecule has 6 heteroatoms. The molecule has 298 valence electrons. The van der Waals surface area contributed by atoms with Crippen LogP contribution >= 0.6 is 0 Å². The first-order chi connectivity index (χ1) is 31.7. The molecule has 0 saturated heterocycles. The lowest BCUT2D eigenvalue weighted by atomic mass is 9.92. The maximum Gasteiger partial charge on any atom is 0.227 e. The molecular formula is C58H35N5O. The summed E-state index contributed by atoms with van der Waals surface area (Å²) in [6, 6.07) is 74.1. The van der Waals surface area contributed by atoms with E-state index in [0.29, 0.717) is 28.9 Å². The lowest BCUT2D eigenvalue weighted by molar-refractivity contribution is 0.620. The molecule has 0 radical (unpaired) electrons. The first-order valence-corrected chi connectivity index (χ1v) is 21.5. The molecule has 0 aliphatic rings. The van der Waals surface area contributed by atoms with Gasteiger partial charge in [-0.1, -0.05) is 146 Å². The predicted octanol–water partition coefficient (Wildman–Crippen LogP) is 14.9. The summed E-state index contributed by atoms with van der Waals surface area (Å²) in [6.07, 6.45) is 0. The monoisotopic (exact) mass is 817 g/mol. The van der Waals surface area contributed by atoms with E-state index < -0.39 is 0 Å². The van der Waals surface area contributed by atoms with Crippen LogP contribution in [0.3, 0.4) is 0 Å². The Labute approximate surface area is 367 Å². The van der Waals surface area contributed by atoms with Crippen molar-refractivity contribution in [1.82, 2.24) is 24.5 Å². The van der Waals surface area contributed by atoms with Crippen LogP contribution in [0.2, 0.25) is 0 Å². The van der Waals surface area contributed by atoms with Crippen molar-refractivity contribution < 1.29 is 4.42 Å². The number of benzene rings is 10. The molecule has 3 heterocycles. The average Bonchev–Trinajstić information content (AvgIpc) is 3.97. The summed E-state index contributed by atoms with van der Waals surface area (Å²) in [6.45, 7) is 0. The van der Waals surface area contributed by atoms with E-state index in [9.17, 15) is 0 Å². The fraction of sp³-hybridized carbons (Fsp3) is 0. The van der Waals surface area contributed by atoms with Crippen LogP contribution in [0.1, 0.15) is 0 Å². The van der Waals surface area contributed by atoms with Crippen molar-refractivity contribution in [2.45, 2.75) is 0 Å². The molecule has 3 aromatic heterocycles. The maximum atomic E-state index is 6.73. The molecule has 10 aromatic carbocycles. The zero-order valence-corrected chi connectivity index (χ0v) is 34.4. The molecule has 64 heavy (non-hydrogen) atoms. The van der Waals surface area contributed by atoms with Crippen molar-refractivity contribution in [1.29, 1.82) is 0 Å². The van der Waals surface area contributed by atoms with Crippen LogP contribution in [0.4, 0.5) is 0 Å². The zero-order chi connectivity index (χ0) is 42.1. The fourth-order valence-electron chi connectivity index (χ4n) is 9.48. The second-order valence-corrected chi connectivity index (χ2v) is 16.2. The third-order valence-corrected chi connectivity index (χ3v) is 12.5. The van der Waals surface area contributed by atoms with Gasteiger partial charge in [-0.2, -0.15) is 0 Å². The van der Waals surface area contributed by atoms with Gasteiger partial charge in [0.05, 0.1) is 16.6 Å². The van der Waals surface area contributed by atoms with E-state index in [2.05, 4.69) is 162 Å². The molecule has 0 atom stereocenters. The van der Waals surface area contributed by atoms with Gasteiger partial charge < -0.3 is 8.98 Å². The van der Waals surface area contributed by atoms with Crippen LogP contribution in [-0.4, -0.2) is 24.5 Å². The summed E-state index contributed by atoms with van der Waals surface area (Å²) in [7, 11) is 0. The summed E-state index contributed by atoms with van der Waals surface area (Å²) in [5.74, 6) is 2.18. The molecule has 13 rings (SSSR count). The van der Waals surface area contributed by atoms with Gasteiger partial charge in [-0.05, 0) is 110 Å². The third-order valence-electron chi connectivity index (χ3n) is 12.5. The Kier molecular flexibility index (Phi) is 8.11. The minimum Gasteiger partial charge on any atom is -0.435 e. The molecule has 0 aliphatic heterocycles. The van der Waals surface area contributed by atoms with E-state index >= 15 is 0 Å². The molecule has 6 nitrogen and oxygen atoms in total. The maximum absolute atomic E-state index is 6.73. The van der Waals surface area contributed by atoms with Gasteiger partial charge in [0, 0.05) is 33.2 Å². The normalized spacial score (nSPS) is 11.8. The highest BCUT2D eigenvalue weighted by Gasteiger charge is 2.20. The largest absolute Gasteiger partial charge is 0.435 e. The van der Waals surface area contributed by atoms with Crippen LogP contribution in [0.5, 0.6) is 0 Å². The predicted molar refractivity (Wildman–Crippen MR) is 261 cm³/mol. The van der Waals surface area contributed by atoms with Gasteiger partial charge in [-0.15, -0.1) is 0 Å². The second kappa shape index (κ2) is 14.4. The molecule has 0 unspecified atom stereocenters. The van der Waals surface area contributed by atoms with E-state index in [1.165, 1.54) is 32.3 Å². The smallest absolute Gasteiger partial charge is 0.227 e. The van der Waals surface area contributed by atoms with Gasteiger partial charge in [0.2, 0.25) is 5.89 Å². The van der Waals surface area contributed by atoms with Crippen molar-refractivity contribution in [3.8, 4) is 62.4 Å². The van der Waals surface area contributed by atoms with Crippen molar-refractivity contribution >= 4 is 65.2 Å². The number of hydrogen-bond acceptors (Lipinski definition) is 5. The standard InChI is InChI=1S/C58H35N5O/c1-3-15-36(16-4-1)55-60-56(39-30-32-53-50(35-39)47-25-11-12-28-52(47)63(53)41-19-5-2-6-20-41)62-57(61-55)48-26-14-27-51-54(48)64-58(59-51)40-18-13-17-37(33-40)38-29-31-46-44-23-8-7-21-42(44)43-22-9-10-24-45(43)49(46)34-38/h1-35H. The van der Waals surface area contributed by atoms with E-state index in [1.54, 1.807) is 0 Å². The van der Waals surface area contributed by atoms with Gasteiger partial charge in [-0.3, -0.25) is 0 Å². The lowest BCUT2D eigenvalue weighted by Gasteiger charge is -2.12. The Balaban J connectivity index is 0.929. The Morgan fingerprint density at radius 2 is 0.844 bits per heavy atom. The minimum absolute atomic E-state index is 0.508. The Morgan fingerprint density at radius 3 is 1.61 bits per heavy atom. The number of aromatic nitrogens is 5. The quantitative estimate of drug-likeness (QED) is 0.156. The summed E-state index contributed by atoms with van der Waals surface area (Å²) in [5.41, 5.74) is 10.3. The minimum atomic E-state index is 0.508. The molecule has 0 spiro atoms. The number of nitrogens with zero attached hydrogens (tertiary/aromatic N) is 5. The van der Waals surface area contributed by atoms with E-state index in [0.717, 1.165) is 66.4 Å². The summed E-state index contributed by atoms with van der Waals surface area (Å²) >= 11 is 0. The van der Waals surface area contributed by atoms with Crippen LogP contribution in [0, 0.1) is 0 Å². The fourth-order valence-corrected chi connectivity index (χ4v) is 9.48. The molecule has 0 bridgehead atoms. The van der Waals surface area contributed by atoms with Crippen LogP contribution in [-0.2, 0) is 0 Å². The SMILES string of the molecule is c1ccc(-c2nc(-c3ccc4c(c3)c3ccccc3n4-c3ccccc3)nc(-c3cccc4nc(-c5cccc(-c6ccc7c8ccccc8c8ccccc8c7c6)c5)oc34)n2)cc1.